The number of para-hydroxylation sites is 1. The molecule has 0 unspecified atom stereocenters. The van der Waals surface area contributed by atoms with Gasteiger partial charge in [0.25, 0.3) is 0 Å². The predicted octanol–water partition coefficient (Wildman–Crippen LogP) is 2.94. The smallest absolute Gasteiger partial charge is 0.138 e. The number of pyridine rings is 1. The van der Waals surface area contributed by atoms with Gasteiger partial charge < -0.3 is 0 Å². The van der Waals surface area contributed by atoms with Gasteiger partial charge in [-0.3, -0.25) is 4.99 Å². The largest absolute Gasteiger partial charge is 0.280 e. The summed E-state index contributed by atoms with van der Waals surface area (Å²) in [7, 11) is 0. The van der Waals surface area contributed by atoms with Crippen molar-refractivity contribution < 1.29 is 0 Å². The SMILES string of the molecule is C#CCN=Cc1cc2ccccc2nc1Cl. The van der Waals surface area contributed by atoms with Gasteiger partial charge in [0.05, 0.1) is 12.1 Å². The average molecular weight is 229 g/mol. The topological polar surface area (TPSA) is 25.2 Å². The Morgan fingerprint density at radius 2 is 2.25 bits per heavy atom. The van der Waals surface area contributed by atoms with Crippen LogP contribution in [0.4, 0.5) is 0 Å². The molecule has 16 heavy (non-hydrogen) atoms. The summed E-state index contributed by atoms with van der Waals surface area (Å²) in [6.07, 6.45) is 6.76. The Labute approximate surface area is 99.0 Å². The second kappa shape index (κ2) is 4.78. The molecule has 0 N–H and O–H groups in total. The molecule has 1 aromatic heterocycles. The summed E-state index contributed by atoms with van der Waals surface area (Å²) in [6.45, 7) is 0.350. The maximum absolute atomic E-state index is 6.03. The van der Waals surface area contributed by atoms with Crippen molar-refractivity contribution in [3.05, 3.63) is 41.0 Å². The average Bonchev–Trinajstić information content (AvgIpc) is 2.30. The number of terminal acetylenes is 1. The van der Waals surface area contributed by atoms with E-state index in [1.807, 2.05) is 30.3 Å². The number of hydrogen-bond acceptors (Lipinski definition) is 2. The summed E-state index contributed by atoms with van der Waals surface area (Å²) in [5, 5.41) is 1.48. The zero-order chi connectivity index (χ0) is 11.4. The van der Waals surface area contributed by atoms with Gasteiger partial charge in [-0.05, 0) is 12.1 Å². The molecular weight excluding hydrogens is 220 g/mol. The molecular formula is C13H9ClN2. The molecule has 2 nitrogen and oxygen atoms in total. The fourth-order valence-corrected chi connectivity index (χ4v) is 1.59. The van der Waals surface area contributed by atoms with E-state index in [0.29, 0.717) is 11.7 Å². The van der Waals surface area contributed by atoms with Gasteiger partial charge in [0.1, 0.15) is 5.15 Å². The zero-order valence-corrected chi connectivity index (χ0v) is 9.28. The van der Waals surface area contributed by atoms with Gasteiger partial charge in [-0.25, -0.2) is 4.98 Å². The summed E-state index contributed by atoms with van der Waals surface area (Å²) < 4.78 is 0. The Hall–Kier alpha value is -1.85. The van der Waals surface area contributed by atoms with Crippen LogP contribution in [-0.4, -0.2) is 17.7 Å². The number of aliphatic imine (C=N–C) groups is 1. The van der Waals surface area contributed by atoms with Crippen molar-refractivity contribution in [2.24, 2.45) is 4.99 Å². The fourth-order valence-electron chi connectivity index (χ4n) is 1.40. The summed E-state index contributed by atoms with van der Waals surface area (Å²) in [4.78, 5) is 8.32. The normalized spacial score (nSPS) is 10.8. The molecule has 3 heteroatoms. The van der Waals surface area contributed by atoms with Crippen molar-refractivity contribution in [3.63, 3.8) is 0 Å². The van der Waals surface area contributed by atoms with Gasteiger partial charge in [-0.15, -0.1) is 6.42 Å². The lowest BCUT2D eigenvalue weighted by atomic mass is 10.2. The van der Waals surface area contributed by atoms with Crippen LogP contribution >= 0.6 is 11.6 Å². The van der Waals surface area contributed by atoms with E-state index in [9.17, 15) is 0 Å². The van der Waals surface area contributed by atoms with E-state index < -0.39 is 0 Å². The Balaban J connectivity index is 2.47. The van der Waals surface area contributed by atoms with E-state index in [2.05, 4.69) is 15.9 Å². The third-order valence-electron chi connectivity index (χ3n) is 2.12. The van der Waals surface area contributed by atoms with Crippen molar-refractivity contribution in [2.75, 3.05) is 6.54 Å². The lowest BCUT2D eigenvalue weighted by Gasteiger charge is -2.00. The molecule has 0 amide bonds. The summed E-state index contributed by atoms with van der Waals surface area (Å²) in [5.74, 6) is 2.43. The number of rotatable bonds is 2. The van der Waals surface area contributed by atoms with Gasteiger partial charge in [0, 0.05) is 17.2 Å². The predicted molar refractivity (Wildman–Crippen MR) is 68.0 cm³/mol. The minimum atomic E-state index is 0.350. The molecule has 0 radical (unpaired) electrons. The lowest BCUT2D eigenvalue weighted by molar-refractivity contribution is 1.30. The van der Waals surface area contributed by atoms with Crippen molar-refractivity contribution in [3.8, 4) is 12.3 Å². The van der Waals surface area contributed by atoms with E-state index >= 15 is 0 Å². The Morgan fingerprint density at radius 1 is 1.44 bits per heavy atom. The van der Waals surface area contributed by atoms with Gasteiger partial charge in [0.2, 0.25) is 0 Å². The van der Waals surface area contributed by atoms with E-state index in [0.717, 1.165) is 16.5 Å². The highest BCUT2D eigenvalue weighted by Gasteiger charge is 2.01. The van der Waals surface area contributed by atoms with Crippen LogP contribution in [0.3, 0.4) is 0 Å². The first-order valence-corrected chi connectivity index (χ1v) is 5.17. The molecule has 0 saturated heterocycles. The highest BCUT2D eigenvalue weighted by atomic mass is 35.5. The van der Waals surface area contributed by atoms with Gasteiger partial charge in [0.15, 0.2) is 0 Å². The summed E-state index contributed by atoms with van der Waals surface area (Å²) >= 11 is 6.03. The molecule has 2 aromatic rings. The van der Waals surface area contributed by atoms with E-state index in [4.69, 9.17) is 18.0 Å². The second-order valence-corrected chi connectivity index (χ2v) is 3.59. The monoisotopic (exact) mass is 228 g/mol. The van der Waals surface area contributed by atoms with E-state index in [1.165, 1.54) is 0 Å². The van der Waals surface area contributed by atoms with Crippen LogP contribution in [-0.2, 0) is 0 Å². The van der Waals surface area contributed by atoms with Crippen LogP contribution < -0.4 is 0 Å². The van der Waals surface area contributed by atoms with Crippen LogP contribution in [0.25, 0.3) is 10.9 Å². The van der Waals surface area contributed by atoms with Crippen molar-refractivity contribution >= 4 is 28.7 Å². The molecule has 1 heterocycles. The molecule has 0 aliphatic carbocycles. The first kappa shape index (κ1) is 10.7. The van der Waals surface area contributed by atoms with Crippen molar-refractivity contribution in [1.82, 2.24) is 4.98 Å². The maximum atomic E-state index is 6.03. The molecule has 0 spiro atoms. The van der Waals surface area contributed by atoms with Crippen LogP contribution in [0.1, 0.15) is 5.56 Å². The lowest BCUT2D eigenvalue weighted by Crippen LogP contribution is -1.89. The molecule has 0 bridgehead atoms. The molecule has 1 aromatic carbocycles. The number of halogens is 1. The zero-order valence-electron chi connectivity index (χ0n) is 8.52. The second-order valence-electron chi connectivity index (χ2n) is 3.24. The van der Waals surface area contributed by atoms with Gasteiger partial charge in [-0.2, -0.15) is 0 Å². The highest BCUT2D eigenvalue weighted by Crippen LogP contribution is 2.18. The number of benzene rings is 1. The van der Waals surface area contributed by atoms with Crippen LogP contribution in [0.2, 0.25) is 5.15 Å². The molecule has 0 saturated carbocycles. The maximum Gasteiger partial charge on any atom is 0.138 e. The Bertz CT molecular complexity index is 582. The summed E-state index contributed by atoms with van der Waals surface area (Å²) in [5.41, 5.74) is 1.66. The van der Waals surface area contributed by atoms with Crippen LogP contribution in [0.15, 0.2) is 35.3 Å². The minimum absolute atomic E-state index is 0.350. The quantitative estimate of drug-likeness (QED) is 0.441. The number of fused-ring (bicyclic) bond motifs is 1. The van der Waals surface area contributed by atoms with Gasteiger partial charge in [-0.1, -0.05) is 35.7 Å². The Kier molecular flexibility index (Phi) is 3.19. The first-order chi connectivity index (χ1) is 7.81. The minimum Gasteiger partial charge on any atom is -0.280 e. The number of hydrogen-bond donors (Lipinski definition) is 0. The molecule has 0 fully saturated rings. The molecule has 0 aliphatic rings. The molecule has 2 rings (SSSR count). The third kappa shape index (κ3) is 2.21. The number of aromatic nitrogens is 1. The molecule has 0 aliphatic heterocycles. The standard InChI is InChI=1S/C13H9ClN2/c1-2-7-15-9-11-8-10-5-3-4-6-12(10)16-13(11)14/h1,3-6,8-9H,7H2. The molecule has 78 valence electrons. The van der Waals surface area contributed by atoms with Crippen LogP contribution in [0, 0.1) is 12.3 Å². The van der Waals surface area contributed by atoms with Gasteiger partial charge >= 0.3 is 0 Å². The molecule has 0 atom stereocenters. The fraction of sp³-hybridized carbons (Fsp3) is 0.0769. The highest BCUT2D eigenvalue weighted by molar-refractivity contribution is 6.32. The van der Waals surface area contributed by atoms with E-state index in [-0.39, 0.29) is 0 Å². The number of nitrogens with zero attached hydrogens (tertiary/aromatic N) is 2. The van der Waals surface area contributed by atoms with Crippen molar-refractivity contribution in [2.45, 2.75) is 0 Å². The summed E-state index contributed by atoms with van der Waals surface area (Å²) in [6, 6.07) is 9.74. The third-order valence-corrected chi connectivity index (χ3v) is 2.42. The first-order valence-electron chi connectivity index (χ1n) is 4.80. The van der Waals surface area contributed by atoms with Crippen LogP contribution in [0.5, 0.6) is 0 Å². The Morgan fingerprint density at radius 3 is 3.06 bits per heavy atom. The van der Waals surface area contributed by atoms with Crippen molar-refractivity contribution in [1.29, 1.82) is 0 Å². The van der Waals surface area contributed by atoms with E-state index in [1.54, 1.807) is 6.21 Å².